The van der Waals surface area contributed by atoms with Crippen molar-refractivity contribution >= 4 is 28.6 Å². The van der Waals surface area contributed by atoms with Gasteiger partial charge in [0, 0.05) is 43.6 Å². The van der Waals surface area contributed by atoms with Gasteiger partial charge in [0.25, 0.3) is 5.91 Å². The van der Waals surface area contributed by atoms with Gasteiger partial charge in [-0.25, -0.2) is 0 Å². The van der Waals surface area contributed by atoms with E-state index >= 15 is 0 Å². The fourth-order valence-electron chi connectivity index (χ4n) is 3.67. The van der Waals surface area contributed by atoms with Gasteiger partial charge in [-0.05, 0) is 17.7 Å². The minimum Gasteiger partial charge on any atom is -0.387 e. The highest BCUT2D eigenvalue weighted by molar-refractivity contribution is 6.35. The van der Waals surface area contributed by atoms with Gasteiger partial charge in [-0.15, -0.1) is 0 Å². The number of H-pyrrole nitrogens is 1. The summed E-state index contributed by atoms with van der Waals surface area (Å²) < 4.78 is 0. The number of aliphatic hydroxyl groups excluding tert-OH is 1. The van der Waals surface area contributed by atoms with Gasteiger partial charge in [-0.3, -0.25) is 14.4 Å². The first-order valence-electron chi connectivity index (χ1n) is 10.2. The molecule has 8 heteroatoms. The Balaban J connectivity index is 1.28. The Morgan fingerprint density at radius 2 is 1.58 bits per heavy atom. The SMILES string of the molecule is O=C(NC[C@@H](O)c1ccccc1)C(=O)N1CCN(C(=O)c2cc3ccccc3[nH]2)CC1. The average Bonchev–Trinajstić information content (AvgIpc) is 3.26. The van der Waals surface area contributed by atoms with Crippen molar-refractivity contribution in [1.29, 1.82) is 0 Å². The Labute approximate surface area is 179 Å². The van der Waals surface area contributed by atoms with Crippen molar-refractivity contribution in [2.45, 2.75) is 6.10 Å². The van der Waals surface area contributed by atoms with Gasteiger partial charge in [-0.2, -0.15) is 0 Å². The van der Waals surface area contributed by atoms with E-state index in [0.29, 0.717) is 24.3 Å². The Bertz CT molecular complexity index is 1050. The van der Waals surface area contributed by atoms with E-state index in [0.717, 1.165) is 10.9 Å². The molecule has 2 aromatic carbocycles. The topological polar surface area (TPSA) is 106 Å². The van der Waals surface area contributed by atoms with E-state index in [1.54, 1.807) is 29.2 Å². The summed E-state index contributed by atoms with van der Waals surface area (Å²) in [6, 6.07) is 18.4. The van der Waals surface area contributed by atoms with Crippen LogP contribution >= 0.6 is 0 Å². The second-order valence-electron chi connectivity index (χ2n) is 7.49. The number of aromatic amines is 1. The molecule has 0 spiro atoms. The lowest BCUT2D eigenvalue weighted by molar-refractivity contribution is -0.147. The maximum atomic E-state index is 12.8. The number of amides is 3. The average molecular weight is 420 g/mol. The third kappa shape index (κ3) is 4.59. The van der Waals surface area contributed by atoms with Gasteiger partial charge in [0.15, 0.2) is 0 Å². The largest absolute Gasteiger partial charge is 0.387 e. The first-order chi connectivity index (χ1) is 15.0. The van der Waals surface area contributed by atoms with E-state index in [-0.39, 0.29) is 25.5 Å². The van der Waals surface area contributed by atoms with E-state index in [2.05, 4.69) is 10.3 Å². The lowest BCUT2D eigenvalue weighted by atomic mass is 10.1. The molecule has 2 heterocycles. The third-order valence-electron chi connectivity index (χ3n) is 5.45. The minimum absolute atomic E-state index is 0.0482. The normalized spacial score (nSPS) is 15.0. The molecule has 0 aliphatic carbocycles. The number of aliphatic hydroxyl groups is 1. The molecule has 1 atom stereocenters. The van der Waals surface area contributed by atoms with Crippen molar-refractivity contribution in [1.82, 2.24) is 20.1 Å². The van der Waals surface area contributed by atoms with Gasteiger partial charge in [0.1, 0.15) is 5.69 Å². The number of rotatable bonds is 4. The van der Waals surface area contributed by atoms with Crippen LogP contribution in [0.2, 0.25) is 0 Å². The van der Waals surface area contributed by atoms with Crippen LogP contribution in [0.3, 0.4) is 0 Å². The molecule has 160 valence electrons. The van der Waals surface area contributed by atoms with Gasteiger partial charge < -0.3 is 25.2 Å². The summed E-state index contributed by atoms with van der Waals surface area (Å²) in [7, 11) is 0. The highest BCUT2D eigenvalue weighted by Crippen LogP contribution is 2.17. The number of carbonyl (C=O) groups excluding carboxylic acids is 3. The summed E-state index contributed by atoms with van der Waals surface area (Å²) in [6.07, 6.45) is -0.885. The molecular formula is C23H24N4O4. The lowest BCUT2D eigenvalue weighted by Gasteiger charge is -2.34. The Hall–Kier alpha value is -3.65. The molecule has 0 saturated carbocycles. The number of fused-ring (bicyclic) bond motifs is 1. The van der Waals surface area contributed by atoms with E-state index in [1.807, 2.05) is 36.4 Å². The molecule has 3 N–H and O–H groups in total. The molecule has 8 nitrogen and oxygen atoms in total. The Morgan fingerprint density at radius 3 is 2.29 bits per heavy atom. The molecule has 1 saturated heterocycles. The molecule has 31 heavy (non-hydrogen) atoms. The number of hydrogen-bond donors (Lipinski definition) is 3. The highest BCUT2D eigenvalue weighted by atomic mass is 16.3. The van der Waals surface area contributed by atoms with Crippen LogP contribution < -0.4 is 5.32 Å². The summed E-state index contributed by atoms with van der Waals surface area (Å²) in [5.41, 5.74) is 2.07. The Kier molecular flexibility index (Phi) is 5.99. The van der Waals surface area contributed by atoms with E-state index in [1.165, 1.54) is 4.90 Å². The standard InChI is InChI=1S/C23H24N4O4/c28-20(16-6-2-1-3-7-16)15-24-21(29)23(31)27-12-10-26(11-13-27)22(30)19-14-17-8-4-5-9-18(17)25-19/h1-9,14,20,25,28H,10-13,15H2,(H,24,29)/t20-/m1/s1. The van der Waals surface area contributed by atoms with Crippen LogP contribution in [0.25, 0.3) is 10.9 Å². The molecule has 1 aromatic heterocycles. The molecule has 1 fully saturated rings. The first-order valence-corrected chi connectivity index (χ1v) is 10.2. The minimum atomic E-state index is -0.885. The number of para-hydroxylation sites is 1. The van der Waals surface area contributed by atoms with Gasteiger partial charge in [0.2, 0.25) is 0 Å². The molecule has 3 amide bonds. The van der Waals surface area contributed by atoms with Crippen LogP contribution in [0, 0.1) is 0 Å². The van der Waals surface area contributed by atoms with Crippen LogP contribution in [0.5, 0.6) is 0 Å². The highest BCUT2D eigenvalue weighted by Gasteiger charge is 2.29. The summed E-state index contributed by atoms with van der Waals surface area (Å²) >= 11 is 0. The van der Waals surface area contributed by atoms with Crippen LogP contribution in [0.15, 0.2) is 60.7 Å². The number of hydrogen-bond acceptors (Lipinski definition) is 4. The number of piperazine rings is 1. The fraction of sp³-hybridized carbons (Fsp3) is 0.261. The van der Waals surface area contributed by atoms with Crippen molar-refractivity contribution < 1.29 is 19.5 Å². The molecule has 4 rings (SSSR count). The van der Waals surface area contributed by atoms with Gasteiger partial charge in [-0.1, -0.05) is 48.5 Å². The number of nitrogens with zero attached hydrogens (tertiary/aromatic N) is 2. The predicted molar refractivity (Wildman–Crippen MR) is 115 cm³/mol. The van der Waals surface area contributed by atoms with Gasteiger partial charge in [0.05, 0.1) is 6.10 Å². The second kappa shape index (κ2) is 9.01. The van der Waals surface area contributed by atoms with Crippen molar-refractivity contribution in [2.24, 2.45) is 0 Å². The molecule has 1 aliphatic heterocycles. The van der Waals surface area contributed by atoms with Crippen LogP contribution in [0.1, 0.15) is 22.2 Å². The fourth-order valence-corrected chi connectivity index (χ4v) is 3.67. The summed E-state index contributed by atoms with van der Waals surface area (Å²) in [6.45, 7) is 1.20. The van der Waals surface area contributed by atoms with Crippen LogP contribution in [0.4, 0.5) is 0 Å². The van der Waals surface area contributed by atoms with Crippen molar-refractivity contribution in [3.63, 3.8) is 0 Å². The molecule has 1 aliphatic rings. The zero-order chi connectivity index (χ0) is 21.8. The van der Waals surface area contributed by atoms with Crippen molar-refractivity contribution in [3.05, 3.63) is 71.9 Å². The number of aromatic nitrogens is 1. The van der Waals surface area contributed by atoms with Crippen LogP contribution in [-0.2, 0) is 9.59 Å². The van der Waals surface area contributed by atoms with E-state index in [9.17, 15) is 19.5 Å². The Morgan fingerprint density at radius 1 is 0.935 bits per heavy atom. The number of carbonyl (C=O) groups is 3. The molecule has 0 radical (unpaired) electrons. The monoisotopic (exact) mass is 420 g/mol. The predicted octanol–water partition coefficient (Wildman–Crippen LogP) is 1.30. The number of nitrogens with one attached hydrogen (secondary N) is 2. The smallest absolute Gasteiger partial charge is 0.312 e. The maximum absolute atomic E-state index is 12.8. The van der Waals surface area contributed by atoms with E-state index < -0.39 is 17.9 Å². The second-order valence-corrected chi connectivity index (χ2v) is 7.49. The quantitative estimate of drug-likeness (QED) is 0.553. The van der Waals surface area contributed by atoms with Crippen molar-refractivity contribution in [3.8, 4) is 0 Å². The number of benzene rings is 2. The lowest BCUT2D eigenvalue weighted by Crippen LogP contribution is -2.54. The summed E-state index contributed by atoms with van der Waals surface area (Å²) in [4.78, 5) is 43.7. The van der Waals surface area contributed by atoms with Gasteiger partial charge >= 0.3 is 11.8 Å². The van der Waals surface area contributed by atoms with Crippen molar-refractivity contribution in [2.75, 3.05) is 32.7 Å². The zero-order valence-corrected chi connectivity index (χ0v) is 17.0. The maximum Gasteiger partial charge on any atom is 0.312 e. The van der Waals surface area contributed by atoms with Crippen LogP contribution in [-0.4, -0.2) is 70.3 Å². The zero-order valence-electron chi connectivity index (χ0n) is 17.0. The summed E-state index contributed by atoms with van der Waals surface area (Å²) in [5, 5.41) is 13.6. The molecule has 0 bridgehead atoms. The molecular weight excluding hydrogens is 396 g/mol. The first kappa shape index (κ1) is 20.6. The van der Waals surface area contributed by atoms with E-state index in [4.69, 9.17) is 0 Å². The third-order valence-corrected chi connectivity index (χ3v) is 5.45. The molecule has 3 aromatic rings. The summed E-state index contributed by atoms with van der Waals surface area (Å²) in [5.74, 6) is -1.54. The molecule has 0 unspecified atom stereocenters.